The number of fused-ring (bicyclic) bond motifs is 1. The van der Waals surface area contributed by atoms with Crippen molar-refractivity contribution in [2.45, 2.75) is 6.92 Å². The van der Waals surface area contributed by atoms with Gasteiger partial charge >= 0.3 is 0 Å². The normalized spacial score (nSPS) is 11.3. The van der Waals surface area contributed by atoms with Crippen LogP contribution in [0.2, 0.25) is 5.02 Å². The molecule has 0 saturated carbocycles. The first kappa shape index (κ1) is 19.8. The number of benzene rings is 2. The lowest BCUT2D eigenvalue weighted by molar-refractivity contribution is -0.384. The molecule has 0 aliphatic carbocycles. The summed E-state index contributed by atoms with van der Waals surface area (Å²) in [4.78, 5) is 27.3. The summed E-state index contributed by atoms with van der Waals surface area (Å²) in [5, 5.41) is 15.0. The maximum Gasteiger partial charge on any atom is 0.280 e. The molecule has 9 heteroatoms. The van der Waals surface area contributed by atoms with Crippen molar-refractivity contribution in [3.05, 3.63) is 81.1 Å². The number of nitrogens with one attached hydrogen (secondary N) is 1. The average molecular weight is 440 g/mol. The number of rotatable bonds is 5. The molecule has 0 aliphatic heterocycles. The minimum atomic E-state index is -0.465. The van der Waals surface area contributed by atoms with Gasteiger partial charge in [-0.05, 0) is 48.9 Å². The maximum absolute atomic E-state index is 12.2. The van der Waals surface area contributed by atoms with Crippen LogP contribution in [0.1, 0.15) is 11.3 Å². The van der Waals surface area contributed by atoms with Crippen molar-refractivity contribution in [2.75, 3.05) is 5.32 Å². The predicted octanol–water partition coefficient (Wildman–Crippen LogP) is 6.08. The largest absolute Gasteiger partial charge is 0.456 e. The lowest BCUT2D eigenvalue weighted by Crippen LogP contribution is -2.07. The number of anilines is 1. The van der Waals surface area contributed by atoms with Crippen molar-refractivity contribution < 1.29 is 14.1 Å². The molecular weight excluding hydrogens is 426 g/mol. The second kappa shape index (κ2) is 8.10. The highest BCUT2D eigenvalue weighted by atomic mass is 35.5. The van der Waals surface area contributed by atoms with Gasteiger partial charge in [0.2, 0.25) is 5.91 Å². The van der Waals surface area contributed by atoms with E-state index in [0.717, 1.165) is 15.8 Å². The van der Waals surface area contributed by atoms with E-state index in [2.05, 4.69) is 10.3 Å². The Kier molecular flexibility index (Phi) is 5.35. The molecule has 0 fully saturated rings. The second-order valence-corrected chi connectivity index (χ2v) is 7.82. The standard InChI is InChI=1S/C21H14ClN3O4S/c1-12-10-19-16(11-15(12)22)23-21(30-19)24-20(26)9-7-13-6-8-18(29-13)14-4-2-3-5-17(14)25(27)28/h2-11H,1H3,(H,23,24,26)/b9-7+. The number of para-hydroxylation sites is 1. The number of furan rings is 1. The maximum atomic E-state index is 12.2. The Bertz CT molecular complexity index is 1270. The number of amides is 1. The summed E-state index contributed by atoms with van der Waals surface area (Å²) in [6.45, 7) is 1.91. The third kappa shape index (κ3) is 4.10. The number of halogens is 1. The van der Waals surface area contributed by atoms with Gasteiger partial charge in [-0.15, -0.1) is 0 Å². The number of carbonyl (C=O) groups excluding carboxylic acids is 1. The molecule has 0 unspecified atom stereocenters. The minimum Gasteiger partial charge on any atom is -0.456 e. The molecule has 0 spiro atoms. The average Bonchev–Trinajstić information content (AvgIpc) is 3.33. The van der Waals surface area contributed by atoms with Gasteiger partial charge in [0.1, 0.15) is 11.5 Å². The summed E-state index contributed by atoms with van der Waals surface area (Å²) in [6.07, 6.45) is 2.80. The highest BCUT2D eigenvalue weighted by Gasteiger charge is 2.16. The quantitative estimate of drug-likeness (QED) is 0.231. The zero-order chi connectivity index (χ0) is 21.3. The Hall–Kier alpha value is -3.49. The summed E-state index contributed by atoms with van der Waals surface area (Å²) in [6, 6.07) is 13.3. The Morgan fingerprint density at radius 1 is 1.27 bits per heavy atom. The summed E-state index contributed by atoms with van der Waals surface area (Å²) in [5.74, 6) is 0.367. The smallest absolute Gasteiger partial charge is 0.280 e. The van der Waals surface area contributed by atoms with E-state index in [-0.39, 0.29) is 11.6 Å². The predicted molar refractivity (Wildman–Crippen MR) is 118 cm³/mol. The second-order valence-electron chi connectivity index (χ2n) is 6.39. The Balaban J connectivity index is 1.48. The number of hydrogen-bond acceptors (Lipinski definition) is 6. The van der Waals surface area contributed by atoms with E-state index < -0.39 is 4.92 Å². The van der Waals surface area contributed by atoms with Gasteiger partial charge in [0.25, 0.3) is 5.69 Å². The van der Waals surface area contributed by atoms with E-state index >= 15 is 0 Å². The molecule has 7 nitrogen and oxygen atoms in total. The van der Waals surface area contributed by atoms with Crippen molar-refractivity contribution in [3.8, 4) is 11.3 Å². The van der Waals surface area contributed by atoms with Crippen molar-refractivity contribution in [1.29, 1.82) is 0 Å². The van der Waals surface area contributed by atoms with Gasteiger partial charge in [0.15, 0.2) is 5.13 Å². The molecule has 0 atom stereocenters. The van der Waals surface area contributed by atoms with E-state index in [0.29, 0.717) is 27.2 Å². The fourth-order valence-corrected chi connectivity index (χ4v) is 3.94. The van der Waals surface area contributed by atoms with Gasteiger partial charge in [-0.2, -0.15) is 0 Å². The van der Waals surface area contributed by atoms with E-state index in [4.69, 9.17) is 16.0 Å². The zero-order valence-electron chi connectivity index (χ0n) is 15.6. The third-order valence-corrected chi connectivity index (χ3v) is 5.63. The van der Waals surface area contributed by atoms with Gasteiger partial charge in [-0.1, -0.05) is 35.1 Å². The topological polar surface area (TPSA) is 98.3 Å². The minimum absolute atomic E-state index is 0.0497. The number of nitro benzene ring substituents is 1. The summed E-state index contributed by atoms with van der Waals surface area (Å²) in [5.41, 5.74) is 1.98. The first-order valence-electron chi connectivity index (χ1n) is 8.80. The molecule has 0 saturated heterocycles. The molecule has 150 valence electrons. The Morgan fingerprint density at radius 2 is 2.07 bits per heavy atom. The number of hydrogen-bond donors (Lipinski definition) is 1. The Morgan fingerprint density at radius 3 is 2.87 bits per heavy atom. The van der Waals surface area contributed by atoms with Crippen LogP contribution in [0.4, 0.5) is 10.8 Å². The van der Waals surface area contributed by atoms with Crippen LogP contribution in [0.3, 0.4) is 0 Å². The molecule has 1 N–H and O–H groups in total. The van der Waals surface area contributed by atoms with Crippen LogP contribution in [-0.4, -0.2) is 15.8 Å². The molecular formula is C21H14ClN3O4S. The third-order valence-electron chi connectivity index (χ3n) is 4.29. The Labute approximate surface area is 179 Å². The fraction of sp³-hybridized carbons (Fsp3) is 0.0476. The highest BCUT2D eigenvalue weighted by Crippen LogP contribution is 2.32. The molecule has 4 rings (SSSR count). The zero-order valence-corrected chi connectivity index (χ0v) is 17.2. The van der Waals surface area contributed by atoms with E-state index in [9.17, 15) is 14.9 Å². The summed E-state index contributed by atoms with van der Waals surface area (Å²) < 4.78 is 6.56. The SMILES string of the molecule is Cc1cc2sc(NC(=O)/C=C/c3ccc(-c4ccccc4[N+](=O)[O-])o3)nc2cc1Cl. The molecule has 2 aromatic heterocycles. The van der Waals surface area contributed by atoms with Crippen LogP contribution in [0, 0.1) is 17.0 Å². The molecule has 0 bridgehead atoms. The van der Waals surface area contributed by atoms with Crippen LogP contribution < -0.4 is 5.32 Å². The first-order chi connectivity index (χ1) is 14.4. The van der Waals surface area contributed by atoms with E-state index in [1.807, 2.05) is 13.0 Å². The lowest BCUT2D eigenvalue weighted by atomic mass is 10.1. The highest BCUT2D eigenvalue weighted by molar-refractivity contribution is 7.22. The van der Waals surface area contributed by atoms with Gasteiger partial charge in [-0.25, -0.2) is 4.98 Å². The van der Waals surface area contributed by atoms with E-state index in [1.165, 1.54) is 29.6 Å². The van der Waals surface area contributed by atoms with Gasteiger partial charge in [0.05, 0.1) is 20.7 Å². The van der Waals surface area contributed by atoms with Crippen LogP contribution >= 0.6 is 22.9 Å². The molecule has 4 aromatic rings. The van der Waals surface area contributed by atoms with Crippen LogP contribution in [-0.2, 0) is 4.79 Å². The van der Waals surface area contributed by atoms with Crippen molar-refractivity contribution in [3.63, 3.8) is 0 Å². The number of thiazole rings is 1. The summed E-state index contributed by atoms with van der Waals surface area (Å²) in [7, 11) is 0. The van der Waals surface area contributed by atoms with Crippen molar-refractivity contribution in [1.82, 2.24) is 4.98 Å². The molecule has 0 aliphatic rings. The molecule has 30 heavy (non-hydrogen) atoms. The van der Waals surface area contributed by atoms with Gasteiger partial charge in [0, 0.05) is 17.2 Å². The van der Waals surface area contributed by atoms with Crippen molar-refractivity contribution in [2.24, 2.45) is 0 Å². The molecule has 2 heterocycles. The summed E-state index contributed by atoms with van der Waals surface area (Å²) >= 11 is 7.46. The van der Waals surface area contributed by atoms with Gasteiger partial charge in [-0.3, -0.25) is 20.2 Å². The van der Waals surface area contributed by atoms with Gasteiger partial charge < -0.3 is 4.42 Å². The van der Waals surface area contributed by atoms with E-state index in [1.54, 1.807) is 36.4 Å². The number of nitrogens with zero attached hydrogens (tertiary/aromatic N) is 2. The van der Waals surface area contributed by atoms with Crippen molar-refractivity contribution >= 4 is 56.0 Å². The monoisotopic (exact) mass is 439 g/mol. The number of aryl methyl sites for hydroxylation is 1. The fourth-order valence-electron chi connectivity index (χ4n) is 2.84. The van der Waals surface area contributed by atoms with Crippen LogP contribution in [0.5, 0.6) is 0 Å². The molecule has 2 aromatic carbocycles. The van der Waals surface area contributed by atoms with Crippen LogP contribution in [0.25, 0.3) is 27.6 Å². The number of carbonyl (C=O) groups is 1. The number of aromatic nitrogens is 1. The molecule has 0 radical (unpaired) electrons. The molecule has 1 amide bonds. The first-order valence-corrected chi connectivity index (χ1v) is 9.99. The van der Waals surface area contributed by atoms with Crippen LogP contribution in [0.15, 0.2) is 59.0 Å². The lowest BCUT2D eigenvalue weighted by Gasteiger charge is -1.98. The number of nitro groups is 1.